The molecule has 0 spiro atoms. The van der Waals surface area contributed by atoms with Gasteiger partial charge in [0.2, 0.25) is 0 Å². The summed E-state index contributed by atoms with van der Waals surface area (Å²) in [6.07, 6.45) is 7.36. The maximum atomic E-state index is 3.83. The van der Waals surface area contributed by atoms with E-state index in [1.54, 1.807) is 0 Å². The van der Waals surface area contributed by atoms with Crippen molar-refractivity contribution in [3.05, 3.63) is 23.1 Å². The van der Waals surface area contributed by atoms with Crippen LogP contribution in [0.15, 0.2) is 23.1 Å². The molecule has 0 aliphatic heterocycles. The van der Waals surface area contributed by atoms with Gasteiger partial charge in [0.1, 0.15) is 0 Å². The van der Waals surface area contributed by atoms with Crippen LogP contribution in [0.1, 0.15) is 6.42 Å². The summed E-state index contributed by atoms with van der Waals surface area (Å²) in [5, 5.41) is 0. The molecule has 0 radical (unpaired) electrons. The molecule has 0 amide bonds. The van der Waals surface area contributed by atoms with E-state index in [0.29, 0.717) is 0 Å². The highest BCUT2D eigenvalue weighted by atomic mass is 32.2. The lowest BCUT2D eigenvalue weighted by atomic mass is 10.5. The third kappa shape index (κ3) is 1.04. The summed E-state index contributed by atoms with van der Waals surface area (Å²) in [5.74, 6) is 7.66. The summed E-state index contributed by atoms with van der Waals surface area (Å²) in [7, 11) is 0.00772. The lowest BCUT2D eigenvalue weighted by Gasteiger charge is -2.05. The molecule has 0 nitrogen and oxygen atoms in total. The normalized spacial score (nSPS) is 17.4. The fraction of sp³-hybridized carbons (Fsp3) is 0.143. The van der Waals surface area contributed by atoms with Crippen LogP contribution in [0, 0.1) is 0 Å². The molecule has 0 saturated carbocycles. The molecule has 0 aromatic heterocycles. The van der Waals surface area contributed by atoms with E-state index in [2.05, 4.69) is 30.0 Å². The van der Waals surface area contributed by atoms with E-state index in [1.807, 2.05) is 0 Å². The quantitative estimate of drug-likeness (QED) is 0.366. The molecule has 0 aromatic carbocycles. The summed E-state index contributed by atoms with van der Waals surface area (Å²) in [5.41, 5.74) is 0. The number of rotatable bonds is 1. The Labute approximate surface area is 52.0 Å². The van der Waals surface area contributed by atoms with Crippen molar-refractivity contribution in [3.8, 4) is 0 Å². The van der Waals surface area contributed by atoms with E-state index in [1.165, 1.54) is 4.91 Å². The molecule has 1 rings (SSSR count). The predicted molar refractivity (Wildman–Crippen MR) is 43.4 cm³/mol. The Morgan fingerprint density at radius 3 is 2.50 bits per heavy atom. The average Bonchev–Trinajstić information content (AvgIpc) is 2.12. The Morgan fingerprint density at radius 2 is 2.25 bits per heavy atom. The summed E-state index contributed by atoms with van der Waals surface area (Å²) in [6, 6.07) is 0. The van der Waals surface area contributed by atoms with Crippen LogP contribution in [0.25, 0.3) is 0 Å². The zero-order valence-corrected chi connectivity index (χ0v) is 5.58. The molecule has 0 unspecified atom stereocenters. The summed E-state index contributed by atoms with van der Waals surface area (Å²) in [4.78, 5) is 1.37. The maximum absolute atomic E-state index is 3.83. The second-order valence-electron chi connectivity index (χ2n) is 1.76. The average molecular weight is 125 g/mol. The first-order valence-electron chi connectivity index (χ1n) is 2.50. The van der Waals surface area contributed by atoms with Crippen LogP contribution < -0.4 is 0 Å². The fourth-order valence-electron chi connectivity index (χ4n) is 0.642. The highest BCUT2D eigenvalue weighted by Gasteiger charge is 1.83. The monoisotopic (exact) mass is 125 g/mol. The number of hydrogen-bond acceptors (Lipinski definition) is 1. The Morgan fingerprint density at radius 1 is 1.50 bits per heavy atom. The van der Waals surface area contributed by atoms with E-state index in [-0.39, 0.29) is 10.1 Å². The first-order valence-corrected chi connectivity index (χ1v) is 4.06. The fourth-order valence-corrected chi connectivity index (χ4v) is 1.24. The molecule has 1 heteroatoms. The van der Waals surface area contributed by atoms with Crippen LogP contribution in [0.5, 0.6) is 0 Å². The Bertz CT molecular complexity index is 196. The number of hydrogen-bond donors (Lipinski definition) is 0. The van der Waals surface area contributed by atoms with Crippen molar-refractivity contribution in [2.75, 3.05) is 0 Å². The smallest absolute Gasteiger partial charge is 0.0335 e. The van der Waals surface area contributed by atoms with E-state index >= 15 is 0 Å². The van der Waals surface area contributed by atoms with Gasteiger partial charge in [0.05, 0.1) is 0 Å². The van der Waals surface area contributed by atoms with Crippen molar-refractivity contribution < 1.29 is 0 Å². The molecule has 1 aliphatic carbocycles. The SMILES string of the molecule is C=[S-](=C)C1=CC=CC1. The Kier molecular flexibility index (Phi) is 1.59. The van der Waals surface area contributed by atoms with Crippen molar-refractivity contribution in [1.82, 2.24) is 0 Å². The van der Waals surface area contributed by atoms with Gasteiger partial charge in [0, 0.05) is 0 Å². The molecule has 0 bridgehead atoms. The standard InChI is InChI=1S/C7H9S/c1-8(2)7-5-3-4-6-7/h3-5H,1-2,6H2/q-1. The predicted octanol–water partition coefficient (Wildman–Crippen LogP) is 1.31. The van der Waals surface area contributed by atoms with Gasteiger partial charge < -0.3 is 10.1 Å². The largest absolute Gasteiger partial charge is 0.461 e. The van der Waals surface area contributed by atoms with Gasteiger partial charge in [-0.15, -0.1) is 0 Å². The molecule has 0 aromatic rings. The molecular weight excluding hydrogens is 116 g/mol. The van der Waals surface area contributed by atoms with Crippen molar-refractivity contribution in [2.45, 2.75) is 6.42 Å². The minimum atomic E-state index is 0.00772. The summed E-state index contributed by atoms with van der Waals surface area (Å²) >= 11 is 0. The molecule has 44 valence electrons. The molecule has 0 heterocycles. The van der Waals surface area contributed by atoms with E-state index < -0.39 is 0 Å². The van der Waals surface area contributed by atoms with Gasteiger partial charge in [0.25, 0.3) is 0 Å². The van der Waals surface area contributed by atoms with Gasteiger partial charge in [-0.3, -0.25) is 0 Å². The van der Waals surface area contributed by atoms with Crippen LogP contribution >= 0.6 is 0 Å². The van der Waals surface area contributed by atoms with Gasteiger partial charge >= 0.3 is 0 Å². The van der Waals surface area contributed by atoms with Crippen molar-refractivity contribution >= 4 is 21.8 Å². The highest BCUT2D eigenvalue weighted by molar-refractivity contribution is 7.95. The van der Waals surface area contributed by atoms with Crippen LogP contribution in [-0.2, 0) is 10.1 Å². The van der Waals surface area contributed by atoms with E-state index in [0.717, 1.165) is 6.42 Å². The van der Waals surface area contributed by atoms with E-state index in [9.17, 15) is 0 Å². The zero-order chi connectivity index (χ0) is 5.98. The minimum absolute atomic E-state index is 0.00772. The number of allylic oxidation sites excluding steroid dienone is 4. The molecule has 0 fully saturated rings. The molecule has 1 aliphatic rings. The second-order valence-corrected chi connectivity index (χ2v) is 3.27. The second kappa shape index (κ2) is 2.23. The van der Waals surface area contributed by atoms with Gasteiger partial charge in [0.15, 0.2) is 0 Å². The minimum Gasteiger partial charge on any atom is -0.461 e. The Balaban J connectivity index is 2.79. The molecule has 0 saturated heterocycles. The van der Waals surface area contributed by atoms with Crippen molar-refractivity contribution in [3.63, 3.8) is 0 Å². The maximum Gasteiger partial charge on any atom is -0.0335 e. The van der Waals surface area contributed by atoms with Crippen LogP contribution in [0.3, 0.4) is 0 Å². The van der Waals surface area contributed by atoms with Gasteiger partial charge in [-0.2, -0.15) is 4.91 Å². The summed E-state index contributed by atoms with van der Waals surface area (Å²) < 4.78 is 0. The van der Waals surface area contributed by atoms with Gasteiger partial charge in [-0.25, -0.2) is 11.7 Å². The third-order valence-corrected chi connectivity index (χ3v) is 2.15. The molecular formula is C7H9S-. The van der Waals surface area contributed by atoms with Crippen molar-refractivity contribution in [2.24, 2.45) is 0 Å². The third-order valence-electron chi connectivity index (χ3n) is 1.11. The van der Waals surface area contributed by atoms with Crippen LogP contribution in [0.4, 0.5) is 0 Å². The highest BCUT2D eigenvalue weighted by Crippen LogP contribution is 2.09. The summed E-state index contributed by atoms with van der Waals surface area (Å²) in [6.45, 7) is 0. The first-order chi connectivity index (χ1) is 3.80. The molecule has 0 atom stereocenters. The Hall–Kier alpha value is -0.430. The van der Waals surface area contributed by atoms with E-state index in [4.69, 9.17) is 0 Å². The zero-order valence-electron chi connectivity index (χ0n) is 4.76. The van der Waals surface area contributed by atoms with Crippen LogP contribution in [0.2, 0.25) is 0 Å². The lowest BCUT2D eigenvalue weighted by molar-refractivity contribution is 1.42. The van der Waals surface area contributed by atoms with Gasteiger partial charge in [-0.05, 0) is 6.42 Å². The molecule has 8 heavy (non-hydrogen) atoms. The lowest BCUT2D eigenvalue weighted by Crippen LogP contribution is -1.76. The first kappa shape index (κ1) is 5.70. The van der Waals surface area contributed by atoms with Crippen LogP contribution in [-0.4, -0.2) is 11.7 Å². The van der Waals surface area contributed by atoms with Gasteiger partial charge in [-0.1, -0.05) is 18.2 Å². The molecule has 0 N–H and O–H groups in total. The van der Waals surface area contributed by atoms with Crippen molar-refractivity contribution in [1.29, 1.82) is 0 Å². The topological polar surface area (TPSA) is 0 Å².